The molecule has 0 atom stereocenters. The van der Waals surface area contributed by atoms with Crippen molar-refractivity contribution >= 4 is 40.6 Å². The van der Waals surface area contributed by atoms with Crippen molar-refractivity contribution in [3.05, 3.63) is 292 Å². The second-order valence-electron chi connectivity index (χ2n) is 17.0. The summed E-state index contributed by atoms with van der Waals surface area (Å²) in [6, 6.07) is 76.3. The Morgan fingerprint density at radius 1 is 0.414 bits per heavy atom. The maximum absolute atomic E-state index is 13.5. The number of rotatable bonds is 15. The molecule has 0 aliphatic rings. The highest BCUT2D eigenvalue weighted by molar-refractivity contribution is 5.94. The van der Waals surface area contributed by atoms with Crippen LogP contribution in [-0.2, 0) is 15.0 Å². The molecule has 0 fully saturated rings. The maximum Gasteiger partial charge on any atom is 0.386 e. The van der Waals surface area contributed by atoms with E-state index in [1.807, 2.05) is 97.1 Å². The Labute approximate surface area is 409 Å². The van der Waals surface area contributed by atoms with Crippen molar-refractivity contribution in [2.24, 2.45) is 0 Å². The van der Waals surface area contributed by atoms with Crippen LogP contribution in [0.4, 0.5) is 17.1 Å². The molecule has 0 amide bonds. The van der Waals surface area contributed by atoms with Gasteiger partial charge in [-0.2, -0.15) is 0 Å². The van der Waals surface area contributed by atoms with Crippen molar-refractivity contribution in [1.82, 2.24) is 0 Å². The molecule has 9 rings (SSSR count). The second kappa shape index (κ2) is 20.9. The van der Waals surface area contributed by atoms with E-state index >= 15 is 0 Å². The van der Waals surface area contributed by atoms with Crippen LogP contribution in [0.25, 0.3) is 11.6 Å². The number of carbonyl (C=O) groups is 2. The Kier molecular flexibility index (Phi) is 13.8. The molecular weight excluding hydrogens is 867 g/mol. The minimum Gasteiger partial charge on any atom is -0.497 e. The number of anilines is 3. The summed E-state index contributed by atoms with van der Waals surface area (Å²) < 4.78 is 10.5. The normalized spacial score (nSPS) is 11.3. The lowest BCUT2D eigenvalue weighted by Gasteiger charge is -2.37. The lowest BCUT2D eigenvalue weighted by molar-refractivity contribution is -0.149. The fraction of sp³-hybridized carbons (Fsp3) is 0.0794. The van der Waals surface area contributed by atoms with E-state index in [-0.39, 0.29) is 0 Å². The fourth-order valence-electron chi connectivity index (χ4n) is 8.86. The second-order valence-corrected chi connectivity index (χ2v) is 17.0. The van der Waals surface area contributed by atoms with Gasteiger partial charge in [0.25, 0.3) is 0 Å². The predicted octanol–water partition coefficient (Wildman–Crippen LogP) is 14.7. The molecule has 0 saturated carbocycles. The SMILES string of the molecule is COC(=O)c1ccc(C(c2ccccc2)(c2ccccc2)c2ccc(OOC(=O)c3ccc(C(=Cc4ccc(N(c5ccc(C)cc5)c5ccc(C)cc5)cc4)c4ccc(OC)cc4)cc3)cc2)cc1. The number of esters is 1. The van der Waals surface area contributed by atoms with Crippen molar-refractivity contribution in [3.8, 4) is 11.5 Å². The van der Waals surface area contributed by atoms with Crippen molar-refractivity contribution < 1.29 is 28.8 Å². The molecule has 0 unspecified atom stereocenters. The van der Waals surface area contributed by atoms with Gasteiger partial charge in [-0.25, -0.2) is 14.5 Å². The molecule has 0 aromatic heterocycles. The van der Waals surface area contributed by atoms with Crippen LogP contribution in [0.3, 0.4) is 0 Å². The number of nitrogens with zero attached hydrogens (tertiary/aromatic N) is 1. The smallest absolute Gasteiger partial charge is 0.386 e. The molecule has 344 valence electrons. The van der Waals surface area contributed by atoms with Crippen molar-refractivity contribution in [2.75, 3.05) is 19.1 Å². The number of methoxy groups -OCH3 is 2. The van der Waals surface area contributed by atoms with Crippen LogP contribution in [0, 0.1) is 13.8 Å². The van der Waals surface area contributed by atoms with Crippen LogP contribution in [0.5, 0.6) is 11.5 Å². The molecule has 0 saturated heterocycles. The summed E-state index contributed by atoms with van der Waals surface area (Å²) in [6.45, 7) is 4.19. The number of benzene rings is 9. The van der Waals surface area contributed by atoms with E-state index in [1.54, 1.807) is 43.5 Å². The first kappa shape index (κ1) is 46.2. The van der Waals surface area contributed by atoms with E-state index < -0.39 is 17.4 Å². The van der Waals surface area contributed by atoms with E-state index in [9.17, 15) is 9.59 Å². The number of hydrogen-bond acceptors (Lipinski definition) is 7. The molecule has 0 spiro atoms. The summed E-state index contributed by atoms with van der Waals surface area (Å²) in [7, 11) is 3.03. The van der Waals surface area contributed by atoms with Gasteiger partial charge in [-0.05, 0) is 149 Å². The summed E-state index contributed by atoms with van der Waals surface area (Å²) >= 11 is 0. The Bertz CT molecular complexity index is 3120. The molecule has 9 aromatic rings. The van der Waals surface area contributed by atoms with Crippen molar-refractivity contribution in [3.63, 3.8) is 0 Å². The molecule has 9 aromatic carbocycles. The summed E-state index contributed by atoms with van der Waals surface area (Å²) in [6.07, 6.45) is 2.15. The van der Waals surface area contributed by atoms with Gasteiger partial charge in [-0.3, -0.25) is 4.89 Å². The fourth-order valence-corrected chi connectivity index (χ4v) is 8.86. The van der Waals surface area contributed by atoms with Gasteiger partial charge in [0.15, 0.2) is 5.75 Å². The monoisotopic (exact) mass is 917 g/mol. The predicted molar refractivity (Wildman–Crippen MR) is 279 cm³/mol. The molecule has 0 heterocycles. The highest BCUT2D eigenvalue weighted by Gasteiger charge is 2.38. The molecule has 0 N–H and O–H groups in total. The molecule has 0 radical (unpaired) electrons. The first-order valence-corrected chi connectivity index (χ1v) is 23.0. The third-order valence-electron chi connectivity index (χ3n) is 12.5. The highest BCUT2D eigenvalue weighted by Crippen LogP contribution is 2.46. The Balaban J connectivity index is 0.965. The van der Waals surface area contributed by atoms with Crippen LogP contribution in [0.2, 0.25) is 0 Å². The first-order chi connectivity index (χ1) is 34.2. The third kappa shape index (κ3) is 9.87. The minimum atomic E-state index is -0.777. The summed E-state index contributed by atoms with van der Waals surface area (Å²) in [4.78, 5) is 39.3. The molecule has 70 heavy (non-hydrogen) atoms. The summed E-state index contributed by atoms with van der Waals surface area (Å²) in [5.41, 5.74) is 13.4. The summed E-state index contributed by atoms with van der Waals surface area (Å²) in [5, 5.41) is 0. The van der Waals surface area contributed by atoms with E-state index in [0.717, 1.165) is 67.3 Å². The molecular formula is C63H51NO6. The van der Waals surface area contributed by atoms with Gasteiger partial charge in [0.05, 0.1) is 30.8 Å². The average Bonchev–Trinajstić information content (AvgIpc) is 3.42. The third-order valence-corrected chi connectivity index (χ3v) is 12.5. The highest BCUT2D eigenvalue weighted by atomic mass is 17.2. The van der Waals surface area contributed by atoms with Gasteiger partial charge in [-0.1, -0.05) is 157 Å². The van der Waals surface area contributed by atoms with Crippen molar-refractivity contribution in [2.45, 2.75) is 19.3 Å². The van der Waals surface area contributed by atoms with Crippen molar-refractivity contribution in [1.29, 1.82) is 0 Å². The Hall–Kier alpha value is -8.94. The quantitative estimate of drug-likeness (QED) is 0.0333. The van der Waals surface area contributed by atoms with E-state index in [4.69, 9.17) is 19.2 Å². The van der Waals surface area contributed by atoms with Gasteiger partial charge < -0.3 is 14.4 Å². The number of aryl methyl sites for hydroxylation is 2. The zero-order valence-electron chi connectivity index (χ0n) is 39.4. The topological polar surface area (TPSA) is 74.3 Å². The van der Waals surface area contributed by atoms with Gasteiger partial charge in [-0.15, -0.1) is 0 Å². The van der Waals surface area contributed by atoms with Crippen LogP contribution in [0.15, 0.2) is 231 Å². The van der Waals surface area contributed by atoms with Crippen LogP contribution >= 0.6 is 0 Å². The Morgan fingerprint density at radius 2 is 0.800 bits per heavy atom. The molecule has 7 heteroatoms. The van der Waals surface area contributed by atoms with Crippen LogP contribution in [-0.4, -0.2) is 26.2 Å². The van der Waals surface area contributed by atoms with Crippen LogP contribution < -0.4 is 14.5 Å². The summed E-state index contributed by atoms with van der Waals surface area (Å²) in [5.74, 6) is 0.0608. The van der Waals surface area contributed by atoms with E-state index in [0.29, 0.717) is 16.9 Å². The van der Waals surface area contributed by atoms with Gasteiger partial charge in [0.1, 0.15) is 5.75 Å². The zero-order valence-corrected chi connectivity index (χ0v) is 39.4. The van der Waals surface area contributed by atoms with Gasteiger partial charge >= 0.3 is 11.9 Å². The molecule has 0 bridgehead atoms. The first-order valence-electron chi connectivity index (χ1n) is 23.0. The van der Waals surface area contributed by atoms with Gasteiger partial charge in [0, 0.05) is 17.1 Å². The maximum atomic E-state index is 13.5. The lowest BCUT2D eigenvalue weighted by Crippen LogP contribution is -2.31. The largest absolute Gasteiger partial charge is 0.497 e. The Morgan fingerprint density at radius 3 is 1.27 bits per heavy atom. The van der Waals surface area contributed by atoms with Gasteiger partial charge in [0.2, 0.25) is 0 Å². The molecule has 7 nitrogen and oxygen atoms in total. The number of hydrogen-bond donors (Lipinski definition) is 0. The van der Waals surface area contributed by atoms with E-state index in [1.165, 1.54) is 18.2 Å². The minimum absolute atomic E-state index is 0.327. The number of carbonyl (C=O) groups excluding carboxylic acids is 2. The average molecular weight is 918 g/mol. The standard InChI is InChI=1S/C63H51NO6/c1-44-15-33-55(34-16-44)64(56-35-17-45(2)18-36-56)57-37-19-46(20-38-57)43-60(48-27-39-58(67-3)40-28-48)47-21-23-50(24-22-47)62(66)70-69-59-41-31-54(32-42-59)63(51-11-7-5-8-12-51,52-13-9-6-10-14-52)53-29-25-49(26-30-53)61(65)68-4/h5-43H,1-4H3. The zero-order chi connectivity index (χ0) is 48.5. The number of ether oxygens (including phenoxy) is 2. The van der Waals surface area contributed by atoms with Crippen LogP contribution in [0.1, 0.15) is 70.8 Å². The van der Waals surface area contributed by atoms with E-state index in [2.05, 4.69) is 122 Å². The molecule has 0 aliphatic carbocycles. The lowest BCUT2D eigenvalue weighted by atomic mass is 9.65. The molecule has 0 aliphatic heterocycles.